The van der Waals surface area contributed by atoms with E-state index in [1.807, 2.05) is 19.9 Å². The van der Waals surface area contributed by atoms with Crippen LogP contribution in [0.5, 0.6) is 5.75 Å². The van der Waals surface area contributed by atoms with Gasteiger partial charge in [-0.15, -0.1) is 0 Å². The van der Waals surface area contributed by atoms with Crippen molar-refractivity contribution < 1.29 is 19.0 Å². The number of ether oxygens (including phenoxy) is 2. The molecule has 0 bridgehead atoms. The lowest BCUT2D eigenvalue weighted by molar-refractivity contribution is 0.0696. The van der Waals surface area contributed by atoms with Crippen molar-refractivity contribution >= 4 is 0 Å². The van der Waals surface area contributed by atoms with E-state index in [2.05, 4.69) is 5.32 Å². The molecular formula is C14H22FNO3. The van der Waals surface area contributed by atoms with Crippen molar-refractivity contribution in [2.75, 3.05) is 33.0 Å². The van der Waals surface area contributed by atoms with Gasteiger partial charge in [0.05, 0.1) is 19.8 Å². The summed E-state index contributed by atoms with van der Waals surface area (Å²) in [6.45, 7) is 5.67. The lowest BCUT2D eigenvalue weighted by Gasteiger charge is -2.14. The zero-order valence-corrected chi connectivity index (χ0v) is 11.5. The van der Waals surface area contributed by atoms with Crippen LogP contribution in [0.1, 0.15) is 25.5 Å². The number of aliphatic hydroxyl groups excluding tert-OH is 1. The summed E-state index contributed by atoms with van der Waals surface area (Å²) < 4.78 is 24.1. The van der Waals surface area contributed by atoms with Gasteiger partial charge in [0.2, 0.25) is 0 Å². The lowest BCUT2D eigenvalue weighted by Crippen LogP contribution is -2.17. The first-order valence-corrected chi connectivity index (χ1v) is 6.53. The Morgan fingerprint density at radius 3 is 2.74 bits per heavy atom. The van der Waals surface area contributed by atoms with Gasteiger partial charge in [-0.05, 0) is 31.2 Å². The molecule has 0 saturated heterocycles. The van der Waals surface area contributed by atoms with Gasteiger partial charge in [0.25, 0.3) is 0 Å². The van der Waals surface area contributed by atoms with Gasteiger partial charge in [-0.3, -0.25) is 0 Å². The van der Waals surface area contributed by atoms with Crippen LogP contribution in [0.15, 0.2) is 18.2 Å². The highest BCUT2D eigenvalue weighted by Gasteiger charge is 2.09. The molecule has 4 nitrogen and oxygen atoms in total. The molecule has 19 heavy (non-hydrogen) atoms. The predicted octanol–water partition coefficient (Wildman–Crippen LogP) is 1.88. The van der Waals surface area contributed by atoms with E-state index in [9.17, 15) is 4.39 Å². The monoisotopic (exact) mass is 271 g/mol. The fourth-order valence-corrected chi connectivity index (χ4v) is 1.70. The maximum atomic E-state index is 13.8. The number of aliphatic hydroxyl groups is 1. The van der Waals surface area contributed by atoms with Crippen LogP contribution in [-0.2, 0) is 4.74 Å². The van der Waals surface area contributed by atoms with Gasteiger partial charge in [-0.2, -0.15) is 0 Å². The maximum Gasteiger partial charge on any atom is 0.165 e. The van der Waals surface area contributed by atoms with Gasteiger partial charge < -0.3 is 19.9 Å². The average Bonchev–Trinajstić information content (AvgIpc) is 2.40. The van der Waals surface area contributed by atoms with Crippen molar-refractivity contribution in [1.29, 1.82) is 0 Å². The van der Waals surface area contributed by atoms with Crippen LogP contribution >= 0.6 is 0 Å². The van der Waals surface area contributed by atoms with Crippen molar-refractivity contribution in [3.63, 3.8) is 0 Å². The molecule has 1 rings (SSSR count). The first-order chi connectivity index (χ1) is 9.19. The van der Waals surface area contributed by atoms with Gasteiger partial charge in [0.15, 0.2) is 11.6 Å². The molecule has 0 saturated carbocycles. The smallest absolute Gasteiger partial charge is 0.165 e. The molecular weight excluding hydrogens is 249 g/mol. The Morgan fingerprint density at radius 2 is 2.11 bits per heavy atom. The Bertz CT molecular complexity index is 374. The molecule has 1 atom stereocenters. The second-order valence-electron chi connectivity index (χ2n) is 4.15. The van der Waals surface area contributed by atoms with E-state index in [0.717, 1.165) is 12.1 Å². The lowest BCUT2D eigenvalue weighted by atomic mass is 10.1. The summed E-state index contributed by atoms with van der Waals surface area (Å²) in [6, 6.07) is 5.07. The number of rotatable bonds is 9. The molecule has 0 fully saturated rings. The summed E-state index contributed by atoms with van der Waals surface area (Å²) in [5.41, 5.74) is 0.892. The summed E-state index contributed by atoms with van der Waals surface area (Å²) in [5.74, 6) is -0.149. The molecule has 1 aromatic rings. The van der Waals surface area contributed by atoms with Crippen LogP contribution in [0, 0.1) is 5.82 Å². The molecule has 5 heteroatoms. The molecule has 0 aliphatic heterocycles. The second-order valence-corrected chi connectivity index (χ2v) is 4.15. The fraction of sp³-hybridized carbons (Fsp3) is 0.571. The van der Waals surface area contributed by atoms with E-state index in [0.29, 0.717) is 6.61 Å². The average molecular weight is 271 g/mol. The third-order valence-corrected chi connectivity index (χ3v) is 2.69. The Balaban J connectivity index is 2.47. The van der Waals surface area contributed by atoms with E-state index >= 15 is 0 Å². The van der Waals surface area contributed by atoms with Gasteiger partial charge in [-0.25, -0.2) is 4.39 Å². The van der Waals surface area contributed by atoms with Gasteiger partial charge in [0, 0.05) is 6.04 Å². The number of nitrogens with one attached hydrogen (secondary N) is 1. The minimum atomic E-state index is -0.371. The highest BCUT2D eigenvalue weighted by Crippen LogP contribution is 2.21. The number of hydrogen-bond donors (Lipinski definition) is 2. The van der Waals surface area contributed by atoms with Crippen LogP contribution in [0.2, 0.25) is 0 Å². The highest BCUT2D eigenvalue weighted by molar-refractivity contribution is 5.30. The molecule has 0 spiro atoms. The van der Waals surface area contributed by atoms with Crippen LogP contribution in [0.4, 0.5) is 4.39 Å². The standard InChI is InChI=1S/C14H22FNO3/c1-3-16-11(2)12-4-5-14(13(15)10-12)19-9-8-18-7-6-17/h4-5,10-11,16-17H,3,6-9H2,1-2H3. The molecule has 0 heterocycles. The molecule has 0 aromatic heterocycles. The van der Waals surface area contributed by atoms with Crippen LogP contribution in [-0.4, -0.2) is 38.1 Å². The summed E-state index contributed by atoms with van der Waals surface area (Å²) in [6.07, 6.45) is 0. The largest absolute Gasteiger partial charge is 0.488 e. The number of halogens is 1. The Hall–Kier alpha value is -1.17. The predicted molar refractivity (Wildman–Crippen MR) is 71.9 cm³/mol. The van der Waals surface area contributed by atoms with Crippen LogP contribution in [0.25, 0.3) is 0 Å². The van der Waals surface area contributed by atoms with E-state index < -0.39 is 0 Å². The molecule has 0 aliphatic carbocycles. The van der Waals surface area contributed by atoms with E-state index in [1.165, 1.54) is 6.07 Å². The van der Waals surface area contributed by atoms with Crippen molar-refractivity contribution in [2.45, 2.75) is 19.9 Å². The third kappa shape index (κ3) is 5.55. The number of benzene rings is 1. The minimum Gasteiger partial charge on any atom is -0.488 e. The highest BCUT2D eigenvalue weighted by atomic mass is 19.1. The SMILES string of the molecule is CCNC(C)c1ccc(OCCOCCO)c(F)c1. The molecule has 2 N–H and O–H groups in total. The molecule has 0 radical (unpaired) electrons. The Kier molecular flexibility index (Phi) is 7.40. The minimum absolute atomic E-state index is 0.0224. The quantitative estimate of drug-likeness (QED) is 0.673. The van der Waals surface area contributed by atoms with E-state index in [-0.39, 0.29) is 37.4 Å². The fourth-order valence-electron chi connectivity index (χ4n) is 1.70. The van der Waals surface area contributed by atoms with Crippen molar-refractivity contribution in [1.82, 2.24) is 5.32 Å². The van der Waals surface area contributed by atoms with E-state index in [1.54, 1.807) is 6.07 Å². The van der Waals surface area contributed by atoms with Gasteiger partial charge in [0.1, 0.15) is 6.61 Å². The first-order valence-electron chi connectivity index (χ1n) is 6.53. The van der Waals surface area contributed by atoms with Crippen LogP contribution < -0.4 is 10.1 Å². The van der Waals surface area contributed by atoms with Gasteiger partial charge in [-0.1, -0.05) is 13.0 Å². The molecule has 0 aliphatic rings. The molecule has 108 valence electrons. The topological polar surface area (TPSA) is 50.7 Å². The Morgan fingerprint density at radius 1 is 1.32 bits per heavy atom. The van der Waals surface area contributed by atoms with E-state index in [4.69, 9.17) is 14.6 Å². The molecule has 1 aromatic carbocycles. The summed E-state index contributed by atoms with van der Waals surface area (Å²) in [4.78, 5) is 0. The molecule has 1 unspecified atom stereocenters. The normalized spacial score (nSPS) is 12.4. The number of hydrogen-bond acceptors (Lipinski definition) is 4. The first kappa shape index (κ1) is 15.9. The summed E-state index contributed by atoms with van der Waals surface area (Å²) >= 11 is 0. The second kappa shape index (κ2) is 8.85. The van der Waals surface area contributed by atoms with Crippen molar-refractivity contribution in [3.05, 3.63) is 29.6 Å². The zero-order chi connectivity index (χ0) is 14.1. The van der Waals surface area contributed by atoms with Crippen LogP contribution in [0.3, 0.4) is 0 Å². The Labute approximate surface area is 113 Å². The van der Waals surface area contributed by atoms with Gasteiger partial charge >= 0.3 is 0 Å². The third-order valence-electron chi connectivity index (χ3n) is 2.69. The van der Waals surface area contributed by atoms with Crippen molar-refractivity contribution in [3.8, 4) is 5.75 Å². The van der Waals surface area contributed by atoms with Crippen molar-refractivity contribution in [2.24, 2.45) is 0 Å². The molecule has 0 amide bonds. The maximum absolute atomic E-state index is 13.8. The summed E-state index contributed by atoms with van der Waals surface area (Å²) in [5, 5.41) is 11.7. The zero-order valence-electron chi connectivity index (χ0n) is 11.5. The summed E-state index contributed by atoms with van der Waals surface area (Å²) in [7, 11) is 0.